The van der Waals surface area contributed by atoms with E-state index in [1.165, 1.54) is 13.2 Å². The summed E-state index contributed by atoms with van der Waals surface area (Å²) >= 11 is 0. The van der Waals surface area contributed by atoms with Gasteiger partial charge in [0.25, 0.3) is 0 Å². The van der Waals surface area contributed by atoms with Gasteiger partial charge in [-0.05, 0) is 25.7 Å². The molecule has 0 radical (unpaired) electrons. The molecule has 1 aromatic rings. The summed E-state index contributed by atoms with van der Waals surface area (Å²) in [6.45, 7) is 1.98. The largest absolute Gasteiger partial charge is 0.490 e. The first kappa shape index (κ1) is 12.6. The lowest BCUT2D eigenvalue weighted by atomic mass is 10.2. The van der Waals surface area contributed by atoms with Gasteiger partial charge in [-0.1, -0.05) is 0 Å². The maximum atomic E-state index is 13.7. The van der Waals surface area contributed by atoms with Gasteiger partial charge in [-0.3, -0.25) is 10.1 Å². The number of hydrogen-bond donors (Lipinski definition) is 1. The second-order valence-electron chi connectivity index (χ2n) is 4.53. The van der Waals surface area contributed by atoms with E-state index in [0.29, 0.717) is 5.92 Å². The van der Waals surface area contributed by atoms with Crippen LogP contribution in [-0.4, -0.2) is 18.1 Å². The van der Waals surface area contributed by atoms with Crippen LogP contribution >= 0.6 is 0 Å². The number of rotatable bonds is 5. The van der Waals surface area contributed by atoms with Crippen LogP contribution < -0.4 is 10.1 Å². The minimum atomic E-state index is -0.657. The van der Waals surface area contributed by atoms with Crippen LogP contribution in [0.2, 0.25) is 0 Å². The van der Waals surface area contributed by atoms with Crippen LogP contribution in [0.15, 0.2) is 12.1 Å². The van der Waals surface area contributed by atoms with Gasteiger partial charge in [-0.25, -0.2) is 4.39 Å². The number of nitrogens with zero attached hydrogens (tertiary/aromatic N) is 1. The topological polar surface area (TPSA) is 64.4 Å². The van der Waals surface area contributed by atoms with Gasteiger partial charge in [0.2, 0.25) is 0 Å². The molecule has 0 saturated heterocycles. The summed E-state index contributed by atoms with van der Waals surface area (Å²) < 4.78 is 18.7. The van der Waals surface area contributed by atoms with Gasteiger partial charge in [0.15, 0.2) is 11.6 Å². The minimum absolute atomic E-state index is 0.0619. The average molecular weight is 254 g/mol. The van der Waals surface area contributed by atoms with E-state index in [1.807, 2.05) is 6.92 Å². The molecule has 0 spiro atoms. The Morgan fingerprint density at radius 1 is 1.56 bits per heavy atom. The molecule has 0 aliphatic heterocycles. The summed E-state index contributed by atoms with van der Waals surface area (Å²) in [6, 6.07) is 2.39. The average Bonchev–Trinajstić information content (AvgIpc) is 3.14. The lowest BCUT2D eigenvalue weighted by Gasteiger charge is -2.15. The highest BCUT2D eigenvalue weighted by Gasteiger charge is 2.29. The highest BCUT2D eigenvalue weighted by atomic mass is 19.1. The molecule has 2 rings (SSSR count). The summed E-state index contributed by atoms with van der Waals surface area (Å²) in [4.78, 5) is 10.1. The Labute approximate surface area is 104 Å². The highest BCUT2D eigenvalue weighted by molar-refractivity contribution is 5.59. The first-order chi connectivity index (χ1) is 8.52. The quantitative estimate of drug-likeness (QED) is 0.648. The maximum Gasteiger partial charge on any atom is 0.313 e. The lowest BCUT2D eigenvalue weighted by molar-refractivity contribution is -0.385. The Bertz CT molecular complexity index is 475. The predicted molar refractivity (Wildman–Crippen MR) is 65.4 cm³/mol. The van der Waals surface area contributed by atoms with Crippen LogP contribution in [0.4, 0.5) is 15.8 Å². The molecule has 1 fully saturated rings. The zero-order chi connectivity index (χ0) is 13.3. The van der Waals surface area contributed by atoms with Crippen LogP contribution in [-0.2, 0) is 0 Å². The van der Waals surface area contributed by atoms with Crippen molar-refractivity contribution < 1.29 is 14.1 Å². The molecule has 1 saturated carbocycles. The van der Waals surface area contributed by atoms with E-state index in [9.17, 15) is 14.5 Å². The molecule has 98 valence electrons. The maximum absolute atomic E-state index is 13.7. The van der Waals surface area contributed by atoms with Crippen molar-refractivity contribution in [2.24, 2.45) is 5.92 Å². The van der Waals surface area contributed by atoms with Gasteiger partial charge in [0.05, 0.1) is 23.8 Å². The molecular formula is C12H15FN2O3. The van der Waals surface area contributed by atoms with Gasteiger partial charge in [-0.2, -0.15) is 0 Å². The van der Waals surface area contributed by atoms with Crippen molar-refractivity contribution >= 4 is 11.4 Å². The van der Waals surface area contributed by atoms with E-state index in [-0.39, 0.29) is 23.2 Å². The number of benzene rings is 1. The minimum Gasteiger partial charge on any atom is -0.490 e. The Kier molecular flexibility index (Phi) is 3.36. The second kappa shape index (κ2) is 4.80. The van der Waals surface area contributed by atoms with Crippen LogP contribution in [0.25, 0.3) is 0 Å². The molecule has 0 bridgehead atoms. The number of halogens is 1. The molecule has 1 aliphatic rings. The fourth-order valence-electron chi connectivity index (χ4n) is 1.92. The molecule has 1 unspecified atom stereocenters. The molecular weight excluding hydrogens is 239 g/mol. The number of anilines is 1. The van der Waals surface area contributed by atoms with E-state index in [0.717, 1.165) is 18.9 Å². The molecule has 6 heteroatoms. The Morgan fingerprint density at radius 2 is 2.22 bits per heavy atom. The van der Waals surface area contributed by atoms with Crippen LogP contribution in [0.1, 0.15) is 19.8 Å². The van der Waals surface area contributed by atoms with Crippen molar-refractivity contribution in [3.8, 4) is 5.75 Å². The number of nitrogens with one attached hydrogen (secondary N) is 1. The molecule has 0 aromatic heterocycles. The van der Waals surface area contributed by atoms with Crippen LogP contribution in [0, 0.1) is 21.8 Å². The summed E-state index contributed by atoms with van der Waals surface area (Å²) in [5.41, 5.74) is -0.114. The van der Waals surface area contributed by atoms with Crippen molar-refractivity contribution in [3.05, 3.63) is 28.1 Å². The third-order valence-corrected chi connectivity index (χ3v) is 3.18. The summed E-state index contributed by atoms with van der Waals surface area (Å²) in [5.74, 6) is -0.00696. The summed E-state index contributed by atoms with van der Waals surface area (Å²) in [5, 5.41) is 13.8. The Balaban J connectivity index is 2.27. The predicted octanol–water partition coefficient (Wildman–Crippen LogP) is 2.95. The fourth-order valence-corrected chi connectivity index (χ4v) is 1.92. The summed E-state index contributed by atoms with van der Waals surface area (Å²) in [7, 11) is 1.33. The molecule has 0 heterocycles. The molecule has 0 amide bonds. The highest BCUT2D eigenvalue weighted by Crippen LogP contribution is 2.36. The molecule has 1 atom stereocenters. The molecule has 1 aliphatic carbocycles. The first-order valence-electron chi connectivity index (χ1n) is 5.81. The van der Waals surface area contributed by atoms with Crippen molar-refractivity contribution in [3.63, 3.8) is 0 Å². The number of methoxy groups -OCH3 is 1. The van der Waals surface area contributed by atoms with Gasteiger partial charge < -0.3 is 10.1 Å². The zero-order valence-corrected chi connectivity index (χ0v) is 10.3. The van der Waals surface area contributed by atoms with Crippen molar-refractivity contribution in [2.45, 2.75) is 25.8 Å². The smallest absolute Gasteiger partial charge is 0.313 e. The van der Waals surface area contributed by atoms with Crippen LogP contribution in [0.3, 0.4) is 0 Å². The standard InChI is InChI=1S/C12H15FN2O3/c1-7(8-3-4-8)14-10-6-12(18-2)11(15(16)17)5-9(10)13/h5-8,14H,3-4H2,1-2H3. The molecule has 18 heavy (non-hydrogen) atoms. The van der Waals surface area contributed by atoms with E-state index in [4.69, 9.17) is 4.74 Å². The molecule has 5 nitrogen and oxygen atoms in total. The van der Waals surface area contributed by atoms with Crippen molar-refractivity contribution in [2.75, 3.05) is 12.4 Å². The Morgan fingerprint density at radius 3 is 2.72 bits per heavy atom. The Hall–Kier alpha value is -1.85. The monoisotopic (exact) mass is 254 g/mol. The second-order valence-corrected chi connectivity index (χ2v) is 4.53. The van der Waals surface area contributed by atoms with Gasteiger partial charge in [0.1, 0.15) is 0 Å². The first-order valence-corrected chi connectivity index (χ1v) is 5.81. The van der Waals surface area contributed by atoms with E-state index >= 15 is 0 Å². The van der Waals surface area contributed by atoms with E-state index in [1.54, 1.807) is 0 Å². The number of nitro benzene ring substituents is 1. The van der Waals surface area contributed by atoms with Gasteiger partial charge in [-0.15, -0.1) is 0 Å². The van der Waals surface area contributed by atoms with E-state index in [2.05, 4.69) is 5.32 Å². The third-order valence-electron chi connectivity index (χ3n) is 3.18. The molecule has 1 aromatic carbocycles. The summed E-state index contributed by atoms with van der Waals surface area (Å²) in [6.07, 6.45) is 2.28. The van der Waals surface area contributed by atoms with Gasteiger partial charge in [0, 0.05) is 12.1 Å². The van der Waals surface area contributed by atoms with Crippen molar-refractivity contribution in [1.29, 1.82) is 0 Å². The van der Waals surface area contributed by atoms with Crippen molar-refractivity contribution in [1.82, 2.24) is 0 Å². The fraction of sp³-hybridized carbons (Fsp3) is 0.500. The normalized spacial score (nSPS) is 16.2. The third kappa shape index (κ3) is 2.52. The number of nitro groups is 1. The number of hydrogen-bond acceptors (Lipinski definition) is 4. The van der Waals surface area contributed by atoms with Crippen LogP contribution in [0.5, 0.6) is 5.75 Å². The lowest BCUT2D eigenvalue weighted by Crippen LogP contribution is -2.18. The number of ether oxygens (including phenoxy) is 1. The molecule has 1 N–H and O–H groups in total. The van der Waals surface area contributed by atoms with E-state index < -0.39 is 10.7 Å². The van der Waals surface area contributed by atoms with Gasteiger partial charge >= 0.3 is 5.69 Å². The zero-order valence-electron chi connectivity index (χ0n) is 10.3. The SMILES string of the molecule is COc1cc(NC(C)C2CC2)c(F)cc1[N+](=O)[O-].